The molecule has 0 atom stereocenters. The van der Waals surface area contributed by atoms with E-state index in [2.05, 4.69) is 22.4 Å². The third-order valence-corrected chi connectivity index (χ3v) is 3.25. The minimum Gasteiger partial charge on any atom is -0.424 e. The maximum Gasteiger partial charge on any atom is 0.232 e. The molecule has 92 valence electrons. The summed E-state index contributed by atoms with van der Waals surface area (Å²) in [6.45, 7) is 2.45. The number of oxazole rings is 1. The molecule has 1 aromatic heterocycles. The van der Waals surface area contributed by atoms with Crippen LogP contribution in [0.2, 0.25) is 0 Å². The van der Waals surface area contributed by atoms with Gasteiger partial charge in [-0.05, 0) is 12.1 Å². The van der Waals surface area contributed by atoms with Crippen LogP contribution in [-0.2, 0) is 0 Å². The van der Waals surface area contributed by atoms with Crippen LogP contribution in [-0.4, -0.2) is 17.3 Å². The minimum atomic E-state index is 0.317. The lowest BCUT2D eigenvalue weighted by Crippen LogP contribution is -2.04. The van der Waals surface area contributed by atoms with E-state index in [9.17, 15) is 0 Å². The van der Waals surface area contributed by atoms with E-state index in [-0.39, 0.29) is 0 Å². The number of nitrogens with zero attached hydrogens (tertiary/aromatic N) is 2. The lowest BCUT2D eigenvalue weighted by atomic mass is 10.4. The summed E-state index contributed by atoms with van der Waals surface area (Å²) in [5.41, 5.74) is 0.317. The lowest BCUT2D eigenvalue weighted by molar-refractivity contribution is 0.533. The highest BCUT2D eigenvalue weighted by Gasteiger charge is 2.09. The van der Waals surface area contributed by atoms with Crippen LogP contribution < -0.4 is 5.32 Å². The van der Waals surface area contributed by atoms with Crippen molar-refractivity contribution in [2.24, 2.45) is 0 Å². The van der Waals surface area contributed by atoms with E-state index in [1.165, 1.54) is 4.90 Å². The van der Waals surface area contributed by atoms with Crippen molar-refractivity contribution >= 4 is 17.6 Å². The summed E-state index contributed by atoms with van der Waals surface area (Å²) in [6, 6.07) is 12.2. The second kappa shape index (κ2) is 6.12. The molecule has 5 heteroatoms. The molecule has 18 heavy (non-hydrogen) atoms. The molecule has 0 saturated heterocycles. The number of thioether (sulfide) groups is 1. The van der Waals surface area contributed by atoms with Crippen molar-refractivity contribution in [3.8, 4) is 6.07 Å². The SMILES string of the molecule is Cc1nc(C#N)c(NCCSc2ccccc2)o1. The van der Waals surface area contributed by atoms with E-state index >= 15 is 0 Å². The minimum absolute atomic E-state index is 0.317. The number of rotatable bonds is 5. The van der Waals surface area contributed by atoms with Gasteiger partial charge in [0, 0.05) is 24.1 Å². The van der Waals surface area contributed by atoms with E-state index in [0.717, 1.165) is 12.3 Å². The smallest absolute Gasteiger partial charge is 0.232 e. The molecule has 4 nitrogen and oxygen atoms in total. The molecule has 2 rings (SSSR count). The van der Waals surface area contributed by atoms with E-state index in [1.54, 1.807) is 18.7 Å². The Morgan fingerprint density at radius 2 is 2.17 bits per heavy atom. The van der Waals surface area contributed by atoms with Gasteiger partial charge in [0.15, 0.2) is 5.89 Å². The molecule has 0 saturated carbocycles. The van der Waals surface area contributed by atoms with Crippen molar-refractivity contribution in [1.82, 2.24) is 4.98 Å². The fourth-order valence-electron chi connectivity index (χ4n) is 1.47. The lowest BCUT2D eigenvalue weighted by Gasteiger charge is -2.03. The topological polar surface area (TPSA) is 61.9 Å². The Hall–Kier alpha value is -1.93. The van der Waals surface area contributed by atoms with E-state index in [1.807, 2.05) is 24.3 Å². The normalized spacial score (nSPS) is 10.0. The van der Waals surface area contributed by atoms with Gasteiger partial charge >= 0.3 is 0 Å². The van der Waals surface area contributed by atoms with Crippen molar-refractivity contribution in [1.29, 1.82) is 5.26 Å². The third kappa shape index (κ3) is 3.28. The first-order chi connectivity index (χ1) is 8.79. The molecule has 1 heterocycles. The summed E-state index contributed by atoms with van der Waals surface area (Å²) in [5, 5.41) is 11.9. The van der Waals surface area contributed by atoms with Crippen LogP contribution >= 0.6 is 11.8 Å². The molecule has 0 bridgehead atoms. The van der Waals surface area contributed by atoms with Gasteiger partial charge in [0.2, 0.25) is 11.6 Å². The molecule has 0 unspecified atom stereocenters. The van der Waals surface area contributed by atoms with Crippen LogP contribution in [0.25, 0.3) is 0 Å². The van der Waals surface area contributed by atoms with Crippen molar-refractivity contribution in [3.05, 3.63) is 41.9 Å². The number of nitrogens with one attached hydrogen (secondary N) is 1. The first kappa shape index (κ1) is 12.5. The summed E-state index contributed by atoms with van der Waals surface area (Å²) < 4.78 is 5.30. The Balaban J connectivity index is 1.80. The Morgan fingerprint density at radius 1 is 1.39 bits per heavy atom. The summed E-state index contributed by atoms with van der Waals surface area (Å²) in [6.07, 6.45) is 0. The van der Waals surface area contributed by atoms with Crippen molar-refractivity contribution < 1.29 is 4.42 Å². The second-order valence-electron chi connectivity index (χ2n) is 3.61. The molecule has 0 amide bonds. The molecule has 1 aromatic carbocycles. The van der Waals surface area contributed by atoms with Crippen LogP contribution in [0.15, 0.2) is 39.6 Å². The van der Waals surface area contributed by atoms with Gasteiger partial charge in [-0.15, -0.1) is 11.8 Å². The van der Waals surface area contributed by atoms with Crippen LogP contribution in [0.3, 0.4) is 0 Å². The molecule has 0 aliphatic heterocycles. The zero-order valence-electron chi connectivity index (χ0n) is 10.0. The summed E-state index contributed by atoms with van der Waals surface area (Å²) >= 11 is 1.75. The van der Waals surface area contributed by atoms with E-state index < -0.39 is 0 Å². The van der Waals surface area contributed by atoms with Gasteiger partial charge < -0.3 is 9.73 Å². The highest BCUT2D eigenvalue weighted by molar-refractivity contribution is 7.99. The van der Waals surface area contributed by atoms with Crippen LogP contribution in [0.5, 0.6) is 0 Å². The molecule has 0 aliphatic rings. The Bertz CT molecular complexity index is 545. The molecular formula is C13H13N3OS. The van der Waals surface area contributed by atoms with Crippen LogP contribution in [0.1, 0.15) is 11.6 Å². The van der Waals surface area contributed by atoms with Crippen LogP contribution in [0, 0.1) is 18.3 Å². The molecule has 1 N–H and O–H groups in total. The average Bonchev–Trinajstić information content (AvgIpc) is 2.76. The van der Waals surface area contributed by atoms with Gasteiger partial charge in [-0.25, -0.2) is 4.98 Å². The van der Waals surface area contributed by atoms with Crippen molar-refractivity contribution in [2.75, 3.05) is 17.6 Å². The highest BCUT2D eigenvalue weighted by Crippen LogP contribution is 2.18. The monoisotopic (exact) mass is 259 g/mol. The van der Waals surface area contributed by atoms with Gasteiger partial charge in [-0.3, -0.25) is 0 Å². The van der Waals surface area contributed by atoms with Crippen LogP contribution in [0.4, 0.5) is 5.88 Å². The first-order valence-corrected chi connectivity index (χ1v) is 6.57. The second-order valence-corrected chi connectivity index (χ2v) is 4.78. The molecular weight excluding hydrogens is 246 g/mol. The largest absolute Gasteiger partial charge is 0.424 e. The van der Waals surface area contributed by atoms with Gasteiger partial charge in [-0.2, -0.15) is 5.26 Å². The number of hydrogen-bond donors (Lipinski definition) is 1. The number of aromatic nitrogens is 1. The maximum absolute atomic E-state index is 8.85. The zero-order chi connectivity index (χ0) is 12.8. The number of aryl methyl sites for hydroxylation is 1. The number of nitriles is 1. The van der Waals surface area contributed by atoms with Gasteiger partial charge in [0.1, 0.15) is 6.07 Å². The van der Waals surface area contributed by atoms with Gasteiger partial charge in [0.05, 0.1) is 0 Å². The molecule has 0 spiro atoms. The zero-order valence-corrected chi connectivity index (χ0v) is 10.8. The number of anilines is 1. The molecule has 0 aliphatic carbocycles. The molecule has 2 aromatic rings. The first-order valence-electron chi connectivity index (χ1n) is 5.59. The number of hydrogen-bond acceptors (Lipinski definition) is 5. The maximum atomic E-state index is 8.85. The molecule has 0 radical (unpaired) electrons. The van der Waals surface area contributed by atoms with E-state index in [0.29, 0.717) is 17.5 Å². The average molecular weight is 259 g/mol. The van der Waals surface area contributed by atoms with Gasteiger partial charge in [0.25, 0.3) is 0 Å². The van der Waals surface area contributed by atoms with E-state index in [4.69, 9.17) is 9.68 Å². The molecule has 0 fully saturated rings. The quantitative estimate of drug-likeness (QED) is 0.660. The predicted octanol–water partition coefficient (Wildman–Crippen LogP) is 3.06. The van der Waals surface area contributed by atoms with Crippen molar-refractivity contribution in [2.45, 2.75) is 11.8 Å². The summed E-state index contributed by atoms with van der Waals surface area (Å²) in [5.74, 6) is 1.86. The standard InChI is InChI=1S/C13H13N3OS/c1-10-16-12(9-14)13(17-10)15-7-8-18-11-5-3-2-4-6-11/h2-6,15H,7-8H2,1H3. The summed E-state index contributed by atoms with van der Waals surface area (Å²) in [4.78, 5) is 5.20. The highest BCUT2D eigenvalue weighted by atomic mass is 32.2. The Kier molecular flexibility index (Phi) is 4.26. The Morgan fingerprint density at radius 3 is 2.89 bits per heavy atom. The number of benzene rings is 1. The van der Waals surface area contributed by atoms with Crippen molar-refractivity contribution in [3.63, 3.8) is 0 Å². The Labute approximate surface area is 110 Å². The van der Waals surface area contributed by atoms with Gasteiger partial charge in [-0.1, -0.05) is 18.2 Å². The fraction of sp³-hybridized carbons (Fsp3) is 0.231. The fourth-order valence-corrected chi connectivity index (χ4v) is 2.26. The third-order valence-electron chi connectivity index (χ3n) is 2.24. The summed E-state index contributed by atoms with van der Waals surface area (Å²) in [7, 11) is 0. The predicted molar refractivity (Wildman–Crippen MR) is 71.6 cm³/mol.